The van der Waals surface area contributed by atoms with Gasteiger partial charge in [-0.1, -0.05) is 27.7 Å². The molecule has 1 heterocycles. The number of amides is 3. The molecular weight excluding hydrogens is 419 g/mol. The molecule has 11 heteroatoms. The summed E-state index contributed by atoms with van der Waals surface area (Å²) in [6.45, 7) is 9.90. The molecule has 0 aromatic carbocycles. The quantitative estimate of drug-likeness (QED) is 0.522. The van der Waals surface area contributed by atoms with Crippen molar-refractivity contribution in [3.63, 3.8) is 0 Å². The van der Waals surface area contributed by atoms with Gasteiger partial charge in [0.25, 0.3) is 0 Å². The van der Waals surface area contributed by atoms with E-state index in [1.165, 1.54) is 18.7 Å². The van der Waals surface area contributed by atoms with E-state index in [2.05, 4.69) is 10.6 Å². The Morgan fingerprint density at radius 2 is 1.61 bits per heavy atom. The van der Waals surface area contributed by atoms with Crippen LogP contribution in [0, 0.1) is 11.8 Å². The van der Waals surface area contributed by atoms with Crippen molar-refractivity contribution in [1.82, 2.24) is 15.5 Å². The molecular formula is C20H34F3N3O5. The number of hydrogen-bond acceptors (Lipinski definition) is 5. The molecule has 1 fully saturated rings. The van der Waals surface area contributed by atoms with Crippen LogP contribution in [-0.4, -0.2) is 71.0 Å². The number of aliphatic hydroxyl groups is 1. The molecule has 0 aromatic heterocycles. The summed E-state index contributed by atoms with van der Waals surface area (Å²) < 4.78 is 44.0. The lowest BCUT2D eigenvalue weighted by molar-refractivity contribution is -0.215. The minimum Gasteiger partial charge on any atom is -0.447 e. The smallest absolute Gasteiger partial charge is 0.416 e. The summed E-state index contributed by atoms with van der Waals surface area (Å²) in [6, 6.07) is -3.50. The molecule has 1 aliphatic rings. The molecule has 0 saturated carbocycles. The molecule has 1 aliphatic heterocycles. The van der Waals surface area contributed by atoms with Crippen molar-refractivity contribution in [1.29, 1.82) is 0 Å². The summed E-state index contributed by atoms with van der Waals surface area (Å²) in [7, 11) is 0. The van der Waals surface area contributed by atoms with Gasteiger partial charge in [0.15, 0.2) is 6.10 Å². The van der Waals surface area contributed by atoms with Crippen LogP contribution in [0.3, 0.4) is 0 Å². The molecule has 1 saturated heterocycles. The van der Waals surface area contributed by atoms with Crippen LogP contribution in [-0.2, 0) is 14.3 Å². The first-order valence-corrected chi connectivity index (χ1v) is 10.5. The Balaban J connectivity index is 2.97. The van der Waals surface area contributed by atoms with Gasteiger partial charge < -0.3 is 25.4 Å². The summed E-state index contributed by atoms with van der Waals surface area (Å²) in [5.41, 5.74) is 0. The first kappa shape index (κ1) is 27.0. The van der Waals surface area contributed by atoms with Gasteiger partial charge in [-0.3, -0.25) is 9.59 Å². The van der Waals surface area contributed by atoms with E-state index < -0.39 is 54.2 Å². The molecule has 0 radical (unpaired) electrons. The van der Waals surface area contributed by atoms with Crippen LogP contribution in [0.25, 0.3) is 0 Å². The zero-order chi connectivity index (χ0) is 24.1. The molecule has 4 atom stereocenters. The molecule has 0 aromatic rings. The largest absolute Gasteiger partial charge is 0.447 e. The van der Waals surface area contributed by atoms with E-state index in [1.54, 1.807) is 27.7 Å². The number of ether oxygens (including phenoxy) is 1. The molecule has 31 heavy (non-hydrogen) atoms. The first-order chi connectivity index (χ1) is 14.2. The maximum atomic E-state index is 13.1. The SMILES string of the molecule is CC(C)OC(=O)N[C@H](C(=O)N1CCC[C@H]1C(=O)N[C@@H](C(C)C)C(O)C(F)(F)F)C(C)C. The molecule has 0 aliphatic carbocycles. The summed E-state index contributed by atoms with van der Waals surface area (Å²) in [5, 5.41) is 14.4. The Kier molecular flexibility index (Phi) is 9.59. The third kappa shape index (κ3) is 7.55. The zero-order valence-corrected chi connectivity index (χ0v) is 18.8. The van der Waals surface area contributed by atoms with Crippen LogP contribution in [0.1, 0.15) is 54.4 Å². The lowest BCUT2D eigenvalue weighted by atomic mass is 9.97. The Labute approximate surface area is 180 Å². The van der Waals surface area contributed by atoms with Gasteiger partial charge in [0.2, 0.25) is 11.8 Å². The molecule has 0 bridgehead atoms. The highest BCUT2D eigenvalue weighted by Gasteiger charge is 2.46. The molecule has 180 valence electrons. The fourth-order valence-corrected chi connectivity index (χ4v) is 3.44. The molecule has 3 amide bonds. The summed E-state index contributed by atoms with van der Waals surface area (Å²) in [6.07, 6.45) is -8.02. The number of alkyl carbamates (subject to hydrolysis) is 1. The van der Waals surface area contributed by atoms with Crippen LogP contribution in [0.5, 0.6) is 0 Å². The van der Waals surface area contributed by atoms with Gasteiger partial charge in [-0.2, -0.15) is 13.2 Å². The van der Waals surface area contributed by atoms with Crippen molar-refractivity contribution in [3.8, 4) is 0 Å². The third-order valence-electron chi connectivity index (χ3n) is 5.09. The van der Waals surface area contributed by atoms with E-state index in [1.807, 2.05) is 0 Å². The lowest BCUT2D eigenvalue weighted by Crippen LogP contribution is -2.59. The van der Waals surface area contributed by atoms with E-state index in [-0.39, 0.29) is 25.0 Å². The summed E-state index contributed by atoms with van der Waals surface area (Å²) in [4.78, 5) is 39.1. The number of rotatable bonds is 8. The van der Waals surface area contributed by atoms with Crippen molar-refractivity contribution in [2.45, 2.75) is 90.9 Å². The Bertz CT molecular complexity index is 640. The lowest BCUT2D eigenvalue weighted by Gasteiger charge is -2.33. The highest BCUT2D eigenvalue weighted by Crippen LogP contribution is 2.26. The zero-order valence-electron chi connectivity index (χ0n) is 18.8. The predicted molar refractivity (Wildman–Crippen MR) is 107 cm³/mol. The second kappa shape index (κ2) is 11.0. The fraction of sp³-hybridized carbons (Fsp3) is 0.850. The van der Waals surface area contributed by atoms with Gasteiger partial charge in [0.1, 0.15) is 12.1 Å². The standard InChI is InChI=1S/C20H34F3N3O5/c1-10(2)14(16(27)20(21,22)23)24-17(28)13-8-7-9-26(13)18(29)15(11(3)4)25-19(30)31-12(5)6/h10-16,27H,7-9H2,1-6H3,(H,24,28)(H,25,30)/t13-,14-,15-,16?/m0/s1. The number of likely N-dealkylation sites (tertiary alicyclic amines) is 1. The average Bonchev–Trinajstić information content (AvgIpc) is 3.10. The predicted octanol–water partition coefficient (Wildman–Crippen LogP) is 2.20. The number of hydrogen-bond donors (Lipinski definition) is 3. The van der Waals surface area contributed by atoms with Crippen LogP contribution >= 0.6 is 0 Å². The number of nitrogens with zero attached hydrogens (tertiary/aromatic N) is 1. The van der Waals surface area contributed by atoms with Crippen molar-refractivity contribution >= 4 is 17.9 Å². The fourth-order valence-electron chi connectivity index (χ4n) is 3.44. The number of aliphatic hydroxyl groups excluding tert-OH is 1. The average molecular weight is 454 g/mol. The minimum atomic E-state index is -4.89. The number of carbonyl (C=O) groups is 3. The van der Waals surface area contributed by atoms with E-state index in [4.69, 9.17) is 4.74 Å². The highest BCUT2D eigenvalue weighted by molar-refractivity contribution is 5.92. The van der Waals surface area contributed by atoms with Gasteiger partial charge in [0.05, 0.1) is 12.1 Å². The van der Waals surface area contributed by atoms with Gasteiger partial charge in [-0.05, 0) is 38.5 Å². The summed E-state index contributed by atoms with van der Waals surface area (Å²) >= 11 is 0. The second-order valence-electron chi connectivity index (χ2n) is 8.77. The molecule has 1 rings (SSSR count). The van der Waals surface area contributed by atoms with Gasteiger partial charge in [-0.15, -0.1) is 0 Å². The Morgan fingerprint density at radius 3 is 2.06 bits per heavy atom. The van der Waals surface area contributed by atoms with Crippen molar-refractivity contribution < 1.29 is 37.4 Å². The molecule has 0 spiro atoms. The minimum absolute atomic E-state index is 0.231. The maximum Gasteiger partial charge on any atom is 0.416 e. The number of alkyl halides is 3. The summed E-state index contributed by atoms with van der Waals surface area (Å²) in [5.74, 6) is -2.28. The van der Waals surface area contributed by atoms with Crippen LogP contribution in [0.2, 0.25) is 0 Å². The maximum absolute atomic E-state index is 13.1. The van der Waals surface area contributed by atoms with E-state index >= 15 is 0 Å². The third-order valence-corrected chi connectivity index (χ3v) is 5.09. The Hall–Kier alpha value is -2.04. The number of carbonyl (C=O) groups excluding carboxylic acids is 3. The molecule has 8 nitrogen and oxygen atoms in total. The molecule has 3 N–H and O–H groups in total. The number of nitrogens with one attached hydrogen (secondary N) is 2. The van der Waals surface area contributed by atoms with Crippen LogP contribution in [0.4, 0.5) is 18.0 Å². The van der Waals surface area contributed by atoms with Gasteiger partial charge in [0, 0.05) is 6.54 Å². The van der Waals surface area contributed by atoms with E-state index in [0.29, 0.717) is 6.42 Å². The molecule has 1 unspecified atom stereocenters. The van der Waals surface area contributed by atoms with Crippen LogP contribution < -0.4 is 10.6 Å². The van der Waals surface area contributed by atoms with Crippen molar-refractivity contribution in [3.05, 3.63) is 0 Å². The van der Waals surface area contributed by atoms with Gasteiger partial charge in [-0.25, -0.2) is 4.79 Å². The highest BCUT2D eigenvalue weighted by atomic mass is 19.4. The monoisotopic (exact) mass is 453 g/mol. The topological polar surface area (TPSA) is 108 Å². The van der Waals surface area contributed by atoms with Gasteiger partial charge >= 0.3 is 12.3 Å². The van der Waals surface area contributed by atoms with Crippen molar-refractivity contribution in [2.24, 2.45) is 11.8 Å². The Morgan fingerprint density at radius 1 is 1.03 bits per heavy atom. The van der Waals surface area contributed by atoms with E-state index in [9.17, 15) is 32.7 Å². The van der Waals surface area contributed by atoms with Crippen LogP contribution in [0.15, 0.2) is 0 Å². The van der Waals surface area contributed by atoms with Crippen molar-refractivity contribution in [2.75, 3.05) is 6.54 Å². The normalized spacial score (nSPS) is 20.0. The second-order valence-corrected chi connectivity index (χ2v) is 8.77. The first-order valence-electron chi connectivity index (χ1n) is 10.5. The number of halogens is 3. The van der Waals surface area contributed by atoms with E-state index in [0.717, 1.165) is 0 Å².